The van der Waals surface area contributed by atoms with Gasteiger partial charge in [-0.05, 0) is 31.2 Å². The van der Waals surface area contributed by atoms with Crippen molar-refractivity contribution in [3.8, 4) is 0 Å². The molecule has 5 nitrogen and oxygen atoms in total. The van der Waals surface area contributed by atoms with Crippen LogP contribution in [0.15, 0.2) is 36.5 Å². The molecule has 0 unspecified atom stereocenters. The lowest BCUT2D eigenvalue weighted by molar-refractivity contribution is 0.102. The predicted molar refractivity (Wildman–Crippen MR) is 82.7 cm³/mol. The molecule has 0 atom stereocenters. The predicted octanol–water partition coefficient (Wildman–Crippen LogP) is 3.18. The summed E-state index contributed by atoms with van der Waals surface area (Å²) < 4.78 is 1.72. The summed E-state index contributed by atoms with van der Waals surface area (Å²) in [6, 6.07) is 8.67. The lowest BCUT2D eigenvalue weighted by Crippen LogP contribution is -2.12. The van der Waals surface area contributed by atoms with Gasteiger partial charge < -0.3 is 5.32 Å². The Labute approximate surface area is 126 Å². The third-order valence-electron chi connectivity index (χ3n) is 3.21. The first-order chi connectivity index (χ1) is 10.0. The van der Waals surface area contributed by atoms with Crippen LogP contribution >= 0.6 is 11.6 Å². The number of pyridine rings is 1. The van der Waals surface area contributed by atoms with Crippen molar-refractivity contribution >= 4 is 34.2 Å². The van der Waals surface area contributed by atoms with Crippen LogP contribution in [0.4, 0.5) is 5.69 Å². The van der Waals surface area contributed by atoms with Gasteiger partial charge in [0.15, 0.2) is 5.65 Å². The fourth-order valence-electron chi connectivity index (χ4n) is 2.21. The van der Waals surface area contributed by atoms with Crippen molar-refractivity contribution in [3.63, 3.8) is 0 Å². The molecule has 0 radical (unpaired) electrons. The van der Waals surface area contributed by atoms with Gasteiger partial charge in [0.1, 0.15) is 0 Å². The van der Waals surface area contributed by atoms with Crippen LogP contribution in [-0.4, -0.2) is 20.7 Å². The standard InChI is InChI=1S/C15H13ClN4O/c1-9-13-7-12(8-17-14(13)20(2)19-9)18-15(21)10-4-3-5-11(16)6-10/h3-8H,1-2H3,(H,18,21). The topological polar surface area (TPSA) is 59.8 Å². The Morgan fingerprint density at radius 2 is 2.14 bits per heavy atom. The molecule has 0 aliphatic carbocycles. The number of nitrogens with zero attached hydrogens (tertiary/aromatic N) is 3. The zero-order chi connectivity index (χ0) is 15.0. The van der Waals surface area contributed by atoms with E-state index >= 15 is 0 Å². The van der Waals surface area contributed by atoms with Crippen molar-refractivity contribution in [1.82, 2.24) is 14.8 Å². The normalized spacial score (nSPS) is 10.8. The summed E-state index contributed by atoms with van der Waals surface area (Å²) in [4.78, 5) is 16.5. The highest BCUT2D eigenvalue weighted by molar-refractivity contribution is 6.31. The molecule has 3 rings (SSSR count). The Kier molecular flexibility index (Phi) is 3.35. The van der Waals surface area contributed by atoms with E-state index in [1.165, 1.54) is 0 Å². The van der Waals surface area contributed by atoms with Crippen molar-refractivity contribution < 1.29 is 4.79 Å². The minimum atomic E-state index is -0.222. The molecule has 2 heterocycles. The molecule has 0 saturated carbocycles. The Hall–Kier alpha value is -2.40. The molecule has 106 valence electrons. The first-order valence-corrected chi connectivity index (χ1v) is 6.78. The zero-order valence-electron chi connectivity index (χ0n) is 11.6. The fourth-order valence-corrected chi connectivity index (χ4v) is 2.40. The van der Waals surface area contributed by atoms with Crippen LogP contribution in [0.5, 0.6) is 0 Å². The quantitative estimate of drug-likeness (QED) is 0.790. The van der Waals surface area contributed by atoms with Gasteiger partial charge in [0.2, 0.25) is 0 Å². The SMILES string of the molecule is Cc1nn(C)c2ncc(NC(=O)c3cccc(Cl)c3)cc12. The van der Waals surface area contributed by atoms with Crippen molar-refractivity contribution in [3.05, 3.63) is 52.8 Å². The maximum atomic E-state index is 12.2. The summed E-state index contributed by atoms with van der Waals surface area (Å²) in [5.74, 6) is -0.222. The van der Waals surface area contributed by atoms with E-state index < -0.39 is 0 Å². The molecule has 21 heavy (non-hydrogen) atoms. The van der Waals surface area contributed by atoms with E-state index in [0.717, 1.165) is 16.7 Å². The smallest absolute Gasteiger partial charge is 0.255 e. The lowest BCUT2D eigenvalue weighted by atomic mass is 10.2. The Morgan fingerprint density at radius 1 is 1.33 bits per heavy atom. The Morgan fingerprint density at radius 3 is 2.90 bits per heavy atom. The second-order valence-corrected chi connectivity index (χ2v) is 5.21. The average molecular weight is 301 g/mol. The maximum Gasteiger partial charge on any atom is 0.255 e. The number of anilines is 1. The van der Waals surface area contributed by atoms with Gasteiger partial charge in [0, 0.05) is 23.0 Å². The molecule has 2 aromatic heterocycles. The molecule has 0 aliphatic rings. The number of carbonyl (C=O) groups excluding carboxylic acids is 1. The van der Waals surface area contributed by atoms with E-state index in [-0.39, 0.29) is 5.91 Å². The van der Waals surface area contributed by atoms with Crippen molar-refractivity contribution in [2.45, 2.75) is 6.92 Å². The summed E-state index contributed by atoms with van der Waals surface area (Å²) in [7, 11) is 1.84. The summed E-state index contributed by atoms with van der Waals surface area (Å²) in [5, 5.41) is 8.57. The Bertz CT molecular complexity index is 841. The molecule has 1 aromatic carbocycles. The third-order valence-corrected chi connectivity index (χ3v) is 3.44. The summed E-state index contributed by atoms with van der Waals surface area (Å²) in [6.45, 7) is 1.91. The zero-order valence-corrected chi connectivity index (χ0v) is 12.3. The molecule has 0 aliphatic heterocycles. The second-order valence-electron chi connectivity index (χ2n) is 4.77. The number of fused-ring (bicyclic) bond motifs is 1. The van der Waals surface area contributed by atoms with Crippen LogP contribution in [0, 0.1) is 6.92 Å². The number of hydrogen-bond acceptors (Lipinski definition) is 3. The molecule has 0 saturated heterocycles. The number of halogens is 1. The molecule has 0 fully saturated rings. The molecule has 1 amide bonds. The monoisotopic (exact) mass is 300 g/mol. The van der Waals surface area contributed by atoms with Crippen LogP contribution in [0.3, 0.4) is 0 Å². The molecule has 3 aromatic rings. The van der Waals surface area contributed by atoms with Gasteiger partial charge in [-0.3, -0.25) is 9.48 Å². The van der Waals surface area contributed by atoms with Gasteiger partial charge >= 0.3 is 0 Å². The van der Waals surface area contributed by atoms with E-state index in [9.17, 15) is 4.79 Å². The van der Waals surface area contributed by atoms with E-state index in [4.69, 9.17) is 11.6 Å². The van der Waals surface area contributed by atoms with Gasteiger partial charge in [-0.25, -0.2) is 4.98 Å². The minimum Gasteiger partial charge on any atom is -0.321 e. The Balaban J connectivity index is 1.91. The van der Waals surface area contributed by atoms with Crippen LogP contribution in [-0.2, 0) is 7.05 Å². The largest absolute Gasteiger partial charge is 0.321 e. The van der Waals surface area contributed by atoms with Crippen molar-refractivity contribution in [2.24, 2.45) is 7.05 Å². The molecular weight excluding hydrogens is 288 g/mol. The first kappa shape index (κ1) is 13.6. The third kappa shape index (κ3) is 2.60. The second kappa shape index (κ2) is 5.18. The lowest BCUT2D eigenvalue weighted by Gasteiger charge is -2.05. The molecule has 1 N–H and O–H groups in total. The minimum absolute atomic E-state index is 0.222. The van der Waals surface area contributed by atoms with E-state index in [0.29, 0.717) is 16.3 Å². The molecule has 0 bridgehead atoms. The highest BCUT2D eigenvalue weighted by Gasteiger charge is 2.10. The number of benzene rings is 1. The van der Waals surface area contributed by atoms with Gasteiger partial charge in [-0.2, -0.15) is 5.10 Å². The number of hydrogen-bond donors (Lipinski definition) is 1. The van der Waals surface area contributed by atoms with Crippen LogP contribution in [0.2, 0.25) is 5.02 Å². The van der Waals surface area contributed by atoms with Crippen molar-refractivity contribution in [1.29, 1.82) is 0 Å². The summed E-state index contributed by atoms with van der Waals surface area (Å²) in [6.07, 6.45) is 1.62. The number of nitrogens with one attached hydrogen (secondary N) is 1. The number of aryl methyl sites for hydroxylation is 2. The van der Waals surface area contributed by atoms with E-state index in [1.54, 1.807) is 35.1 Å². The van der Waals surface area contributed by atoms with Gasteiger partial charge in [0.05, 0.1) is 17.6 Å². The number of aromatic nitrogens is 3. The number of carbonyl (C=O) groups is 1. The summed E-state index contributed by atoms with van der Waals surface area (Å²) >= 11 is 5.89. The highest BCUT2D eigenvalue weighted by atomic mass is 35.5. The van der Waals surface area contributed by atoms with Gasteiger partial charge in [-0.1, -0.05) is 17.7 Å². The summed E-state index contributed by atoms with van der Waals surface area (Å²) in [5.41, 5.74) is 2.79. The highest BCUT2D eigenvalue weighted by Crippen LogP contribution is 2.20. The van der Waals surface area contributed by atoms with Crippen molar-refractivity contribution in [2.75, 3.05) is 5.32 Å². The molecular formula is C15H13ClN4O. The maximum absolute atomic E-state index is 12.2. The number of amides is 1. The average Bonchev–Trinajstić information content (AvgIpc) is 2.74. The van der Waals surface area contributed by atoms with Crippen LogP contribution in [0.25, 0.3) is 11.0 Å². The van der Waals surface area contributed by atoms with Gasteiger partial charge in [0.25, 0.3) is 5.91 Å². The molecule has 6 heteroatoms. The molecule has 0 spiro atoms. The van der Waals surface area contributed by atoms with Crippen LogP contribution < -0.4 is 5.32 Å². The first-order valence-electron chi connectivity index (χ1n) is 6.41. The van der Waals surface area contributed by atoms with E-state index in [2.05, 4.69) is 15.4 Å². The fraction of sp³-hybridized carbons (Fsp3) is 0.133. The van der Waals surface area contributed by atoms with Crippen LogP contribution in [0.1, 0.15) is 16.1 Å². The van der Waals surface area contributed by atoms with Gasteiger partial charge in [-0.15, -0.1) is 0 Å². The van der Waals surface area contributed by atoms with E-state index in [1.807, 2.05) is 20.0 Å². The number of rotatable bonds is 2.